The van der Waals surface area contributed by atoms with Crippen LogP contribution >= 0.6 is 23.1 Å². The van der Waals surface area contributed by atoms with Gasteiger partial charge in [-0.3, -0.25) is 4.79 Å². The Morgan fingerprint density at radius 2 is 1.96 bits per heavy atom. The molecule has 0 spiro atoms. The molecule has 0 aliphatic carbocycles. The number of carbonyl (C=O) groups excluding carboxylic acids is 2. The molecule has 6 heteroatoms. The SMILES string of the molecule is COC(=O)c1c(NC(=O)c2cccc(SC(C)C)c2)sc(C)c1C. The first-order valence-corrected chi connectivity index (χ1v) is 9.29. The molecular formula is C18H21NO3S2. The number of thioether (sulfide) groups is 1. The Kier molecular flexibility index (Phi) is 6.07. The number of anilines is 1. The zero-order chi connectivity index (χ0) is 17.9. The maximum atomic E-state index is 12.6. The summed E-state index contributed by atoms with van der Waals surface area (Å²) in [6, 6.07) is 7.49. The average molecular weight is 364 g/mol. The van der Waals surface area contributed by atoms with Crippen LogP contribution in [0.3, 0.4) is 0 Å². The predicted molar refractivity (Wildman–Crippen MR) is 101 cm³/mol. The quantitative estimate of drug-likeness (QED) is 0.606. The Morgan fingerprint density at radius 3 is 2.58 bits per heavy atom. The van der Waals surface area contributed by atoms with E-state index in [2.05, 4.69) is 19.2 Å². The van der Waals surface area contributed by atoms with E-state index in [1.807, 2.05) is 32.0 Å². The van der Waals surface area contributed by atoms with Gasteiger partial charge in [0.05, 0.1) is 12.7 Å². The fraction of sp³-hybridized carbons (Fsp3) is 0.333. The molecule has 24 heavy (non-hydrogen) atoms. The molecule has 0 atom stereocenters. The van der Waals surface area contributed by atoms with Gasteiger partial charge in [0.2, 0.25) is 0 Å². The molecular weight excluding hydrogens is 342 g/mol. The number of carbonyl (C=O) groups is 2. The number of rotatable bonds is 5. The van der Waals surface area contributed by atoms with Gasteiger partial charge in [-0.05, 0) is 37.6 Å². The first-order valence-electron chi connectivity index (χ1n) is 7.59. The normalized spacial score (nSPS) is 10.8. The molecule has 2 aromatic rings. The van der Waals surface area contributed by atoms with Gasteiger partial charge in [-0.25, -0.2) is 4.79 Å². The van der Waals surface area contributed by atoms with E-state index >= 15 is 0 Å². The number of aryl methyl sites for hydroxylation is 1. The van der Waals surface area contributed by atoms with Crippen molar-refractivity contribution in [2.75, 3.05) is 12.4 Å². The molecule has 0 bridgehead atoms. The minimum atomic E-state index is -0.434. The Bertz CT molecular complexity index is 766. The third-order valence-electron chi connectivity index (χ3n) is 3.47. The van der Waals surface area contributed by atoms with E-state index in [0.717, 1.165) is 15.3 Å². The molecule has 128 valence electrons. The highest BCUT2D eigenvalue weighted by molar-refractivity contribution is 7.99. The second kappa shape index (κ2) is 7.85. The number of hydrogen-bond acceptors (Lipinski definition) is 5. The van der Waals surface area contributed by atoms with E-state index in [0.29, 0.717) is 21.4 Å². The maximum absolute atomic E-state index is 12.6. The summed E-state index contributed by atoms with van der Waals surface area (Å²) >= 11 is 3.09. The summed E-state index contributed by atoms with van der Waals surface area (Å²) in [5, 5.41) is 3.83. The van der Waals surface area contributed by atoms with Crippen LogP contribution in [0.1, 0.15) is 45.0 Å². The van der Waals surface area contributed by atoms with Crippen LogP contribution in [0.4, 0.5) is 5.00 Å². The van der Waals surface area contributed by atoms with Gasteiger partial charge in [0.15, 0.2) is 0 Å². The van der Waals surface area contributed by atoms with Gasteiger partial charge < -0.3 is 10.1 Å². The van der Waals surface area contributed by atoms with Gasteiger partial charge in [-0.1, -0.05) is 19.9 Å². The first-order chi connectivity index (χ1) is 11.3. The average Bonchev–Trinajstić information content (AvgIpc) is 2.80. The number of hydrogen-bond donors (Lipinski definition) is 1. The lowest BCUT2D eigenvalue weighted by molar-refractivity contribution is 0.0601. The van der Waals surface area contributed by atoms with Crippen molar-refractivity contribution >= 4 is 40.0 Å². The summed E-state index contributed by atoms with van der Waals surface area (Å²) in [5.74, 6) is -0.663. The number of benzene rings is 1. The van der Waals surface area contributed by atoms with E-state index in [9.17, 15) is 9.59 Å². The van der Waals surface area contributed by atoms with Gasteiger partial charge >= 0.3 is 5.97 Å². The van der Waals surface area contributed by atoms with Crippen LogP contribution in [0.25, 0.3) is 0 Å². The van der Waals surface area contributed by atoms with Gasteiger partial charge in [0, 0.05) is 20.6 Å². The summed E-state index contributed by atoms with van der Waals surface area (Å²) in [4.78, 5) is 26.6. The highest BCUT2D eigenvalue weighted by atomic mass is 32.2. The predicted octanol–water partition coefficient (Wildman–Crippen LogP) is 4.90. The second-order valence-electron chi connectivity index (χ2n) is 5.63. The van der Waals surface area contributed by atoms with E-state index < -0.39 is 5.97 Å². The lowest BCUT2D eigenvalue weighted by Gasteiger charge is -2.09. The monoisotopic (exact) mass is 363 g/mol. The molecule has 0 aliphatic heterocycles. The number of ether oxygens (including phenoxy) is 1. The maximum Gasteiger partial charge on any atom is 0.341 e. The molecule has 0 fully saturated rings. The molecule has 0 aliphatic rings. The van der Waals surface area contributed by atoms with Gasteiger partial charge in [-0.15, -0.1) is 23.1 Å². The molecule has 0 saturated carbocycles. The number of esters is 1. The van der Waals surface area contributed by atoms with Crippen molar-refractivity contribution in [3.63, 3.8) is 0 Å². The Balaban J connectivity index is 2.27. The molecule has 0 unspecified atom stereocenters. The van der Waals surface area contributed by atoms with Crippen LogP contribution in [0, 0.1) is 13.8 Å². The minimum Gasteiger partial charge on any atom is -0.465 e. The smallest absolute Gasteiger partial charge is 0.341 e. The molecule has 1 N–H and O–H groups in total. The summed E-state index contributed by atoms with van der Waals surface area (Å²) < 4.78 is 4.83. The molecule has 4 nitrogen and oxygen atoms in total. The topological polar surface area (TPSA) is 55.4 Å². The largest absolute Gasteiger partial charge is 0.465 e. The van der Waals surface area contributed by atoms with E-state index in [1.54, 1.807) is 17.8 Å². The van der Waals surface area contributed by atoms with Crippen LogP contribution in [0.5, 0.6) is 0 Å². The lowest BCUT2D eigenvalue weighted by atomic mass is 10.1. The van der Waals surface area contributed by atoms with Crippen molar-refractivity contribution in [3.8, 4) is 0 Å². The van der Waals surface area contributed by atoms with Crippen LogP contribution in [-0.2, 0) is 4.74 Å². The van der Waals surface area contributed by atoms with Crippen molar-refractivity contribution in [3.05, 3.63) is 45.8 Å². The van der Waals surface area contributed by atoms with Crippen molar-refractivity contribution in [1.82, 2.24) is 0 Å². The summed E-state index contributed by atoms with van der Waals surface area (Å²) in [5.41, 5.74) is 1.84. The van der Waals surface area contributed by atoms with Crippen molar-refractivity contribution < 1.29 is 14.3 Å². The van der Waals surface area contributed by atoms with Gasteiger partial charge in [-0.2, -0.15) is 0 Å². The zero-order valence-corrected chi connectivity index (χ0v) is 16.1. The zero-order valence-electron chi connectivity index (χ0n) is 14.4. The molecule has 1 amide bonds. The van der Waals surface area contributed by atoms with Gasteiger partial charge in [0.25, 0.3) is 5.91 Å². The fourth-order valence-electron chi connectivity index (χ4n) is 2.22. The number of thiophene rings is 1. The Labute approximate surface area is 150 Å². The number of amides is 1. The molecule has 1 aromatic heterocycles. The standard InChI is InChI=1S/C18H21NO3S2/c1-10(2)23-14-8-6-7-13(9-14)16(20)19-17-15(18(21)22-5)11(3)12(4)24-17/h6-10H,1-5H3,(H,19,20). The van der Waals surface area contributed by atoms with E-state index in [1.165, 1.54) is 18.4 Å². The Morgan fingerprint density at radius 1 is 1.25 bits per heavy atom. The first kappa shape index (κ1) is 18.5. The van der Waals surface area contributed by atoms with Crippen LogP contribution < -0.4 is 5.32 Å². The van der Waals surface area contributed by atoms with Crippen molar-refractivity contribution in [1.29, 1.82) is 0 Å². The number of methoxy groups -OCH3 is 1. The summed E-state index contributed by atoms with van der Waals surface area (Å²) in [6.07, 6.45) is 0. The Hall–Kier alpha value is -1.79. The minimum absolute atomic E-state index is 0.229. The fourth-order valence-corrected chi connectivity index (χ4v) is 4.16. The van der Waals surface area contributed by atoms with Crippen LogP contribution in [0.15, 0.2) is 29.2 Å². The molecule has 1 heterocycles. The molecule has 2 rings (SSSR count). The number of nitrogens with one attached hydrogen (secondary N) is 1. The van der Waals surface area contributed by atoms with Gasteiger partial charge in [0.1, 0.15) is 5.00 Å². The highest BCUT2D eigenvalue weighted by Gasteiger charge is 2.22. The third-order valence-corrected chi connectivity index (χ3v) is 5.59. The lowest BCUT2D eigenvalue weighted by Crippen LogP contribution is -2.14. The molecule has 1 aromatic carbocycles. The summed E-state index contributed by atoms with van der Waals surface area (Å²) in [7, 11) is 1.34. The second-order valence-corrected chi connectivity index (χ2v) is 8.50. The third kappa shape index (κ3) is 4.19. The van der Waals surface area contributed by atoms with E-state index in [4.69, 9.17) is 4.74 Å². The molecule has 0 radical (unpaired) electrons. The summed E-state index contributed by atoms with van der Waals surface area (Å²) in [6.45, 7) is 7.99. The van der Waals surface area contributed by atoms with Crippen LogP contribution in [-0.4, -0.2) is 24.2 Å². The van der Waals surface area contributed by atoms with E-state index in [-0.39, 0.29) is 5.91 Å². The van der Waals surface area contributed by atoms with Crippen molar-refractivity contribution in [2.45, 2.75) is 37.8 Å². The molecule has 0 saturated heterocycles. The van der Waals surface area contributed by atoms with Crippen LogP contribution in [0.2, 0.25) is 0 Å². The van der Waals surface area contributed by atoms with Crippen molar-refractivity contribution in [2.24, 2.45) is 0 Å². The highest BCUT2D eigenvalue weighted by Crippen LogP contribution is 2.33.